The molecule has 7 heteroatoms. The van der Waals surface area contributed by atoms with Crippen LogP contribution in [0.5, 0.6) is 0 Å². The predicted molar refractivity (Wildman–Crippen MR) is 94.4 cm³/mol. The Kier molecular flexibility index (Phi) is 4.83. The summed E-state index contributed by atoms with van der Waals surface area (Å²) in [5.41, 5.74) is 0.777. The van der Waals surface area contributed by atoms with E-state index in [9.17, 15) is 4.79 Å². The van der Waals surface area contributed by atoms with Gasteiger partial charge in [0.25, 0.3) is 0 Å². The number of hydrogen-bond donors (Lipinski definition) is 0. The Balaban J connectivity index is 1.99. The van der Waals surface area contributed by atoms with E-state index < -0.39 is 6.09 Å². The molecular formula is C18H23N5O2. The Morgan fingerprint density at radius 1 is 1.16 bits per heavy atom. The van der Waals surface area contributed by atoms with Crippen LogP contribution in [0.15, 0.2) is 36.7 Å². The lowest BCUT2D eigenvalue weighted by Gasteiger charge is -2.28. The lowest BCUT2D eigenvalue weighted by molar-refractivity contribution is 0.109. The molecule has 1 fully saturated rings. The number of amides is 1. The number of carbonyl (C=O) groups excluding carboxylic acids is 1. The molecule has 0 saturated carbocycles. The summed E-state index contributed by atoms with van der Waals surface area (Å²) in [7, 11) is 0. The molecule has 0 atom stereocenters. The molecule has 132 valence electrons. The van der Waals surface area contributed by atoms with Gasteiger partial charge in [0.1, 0.15) is 0 Å². The van der Waals surface area contributed by atoms with Crippen LogP contribution in [-0.2, 0) is 10.3 Å². The Hall–Kier alpha value is -2.70. The van der Waals surface area contributed by atoms with Crippen LogP contribution in [0.25, 0.3) is 0 Å². The summed E-state index contributed by atoms with van der Waals surface area (Å²) in [6.45, 7) is 7.68. The van der Waals surface area contributed by atoms with Gasteiger partial charge < -0.3 is 9.74 Å². The molecule has 0 N–H and O–H groups in total. The number of carbonyl (C=O) groups is 1. The van der Waals surface area contributed by atoms with Gasteiger partial charge in [0.2, 0.25) is 0 Å². The quantitative estimate of drug-likeness (QED) is 0.796. The molecule has 0 aromatic carbocycles. The molecule has 0 spiro atoms. The van der Waals surface area contributed by atoms with Crippen molar-refractivity contribution in [3.05, 3.63) is 42.2 Å². The van der Waals surface area contributed by atoms with Crippen LogP contribution in [0.3, 0.4) is 0 Å². The second-order valence-corrected chi connectivity index (χ2v) is 7.05. The fourth-order valence-electron chi connectivity index (χ4n) is 2.78. The monoisotopic (exact) mass is 341 g/mol. The first kappa shape index (κ1) is 17.1. The zero-order valence-electron chi connectivity index (χ0n) is 14.8. The molecule has 0 aliphatic carbocycles. The Bertz CT molecular complexity index is 724. The fourth-order valence-corrected chi connectivity index (χ4v) is 2.78. The van der Waals surface area contributed by atoms with Gasteiger partial charge in [-0.1, -0.05) is 26.8 Å². The Morgan fingerprint density at radius 3 is 2.52 bits per heavy atom. The van der Waals surface area contributed by atoms with Crippen molar-refractivity contribution in [1.29, 1.82) is 0 Å². The molecule has 0 bridgehead atoms. The van der Waals surface area contributed by atoms with Crippen molar-refractivity contribution in [2.24, 2.45) is 0 Å². The molecule has 1 aliphatic rings. The Morgan fingerprint density at radius 2 is 1.88 bits per heavy atom. The average Bonchev–Trinajstić information content (AvgIpc) is 3.14. The largest absolute Gasteiger partial charge is 0.434 e. The average molecular weight is 341 g/mol. The molecule has 7 nitrogen and oxygen atoms in total. The van der Waals surface area contributed by atoms with Crippen LogP contribution >= 0.6 is 0 Å². The SMILES string of the molecule is CC(C)(C)c1cccnc1N(OC(=O)N1CCCC1)c1cccnn1. The Labute approximate surface area is 147 Å². The van der Waals surface area contributed by atoms with Gasteiger partial charge in [-0.25, -0.2) is 9.78 Å². The molecule has 2 aromatic heterocycles. The van der Waals surface area contributed by atoms with E-state index in [1.165, 1.54) is 5.06 Å². The van der Waals surface area contributed by atoms with Crippen LogP contribution in [0.4, 0.5) is 16.4 Å². The van der Waals surface area contributed by atoms with Crippen molar-refractivity contribution in [2.75, 3.05) is 18.2 Å². The molecule has 25 heavy (non-hydrogen) atoms. The van der Waals surface area contributed by atoms with E-state index in [1.807, 2.05) is 12.1 Å². The maximum atomic E-state index is 12.5. The maximum Gasteiger partial charge on any atom is 0.434 e. The number of rotatable bonds is 3. The summed E-state index contributed by atoms with van der Waals surface area (Å²) >= 11 is 0. The third-order valence-corrected chi connectivity index (χ3v) is 4.09. The highest BCUT2D eigenvalue weighted by molar-refractivity contribution is 5.72. The summed E-state index contributed by atoms with van der Waals surface area (Å²) in [4.78, 5) is 24.4. The van der Waals surface area contributed by atoms with E-state index in [-0.39, 0.29) is 5.41 Å². The van der Waals surface area contributed by atoms with Crippen LogP contribution < -0.4 is 5.06 Å². The predicted octanol–water partition coefficient (Wildman–Crippen LogP) is 3.45. The number of aromatic nitrogens is 3. The normalized spacial score (nSPS) is 14.4. The zero-order chi connectivity index (χ0) is 17.9. The molecule has 3 heterocycles. The van der Waals surface area contributed by atoms with Crippen molar-refractivity contribution >= 4 is 17.7 Å². The number of anilines is 2. The summed E-state index contributed by atoms with van der Waals surface area (Å²) in [5.74, 6) is 0.960. The van der Waals surface area contributed by atoms with E-state index in [2.05, 4.69) is 36.0 Å². The fraction of sp³-hybridized carbons (Fsp3) is 0.444. The third-order valence-electron chi connectivity index (χ3n) is 4.09. The highest BCUT2D eigenvalue weighted by Crippen LogP contribution is 2.33. The minimum Gasteiger partial charge on any atom is -0.313 e. The lowest BCUT2D eigenvalue weighted by Crippen LogP contribution is -2.35. The lowest BCUT2D eigenvalue weighted by atomic mass is 9.87. The first-order valence-corrected chi connectivity index (χ1v) is 8.47. The van der Waals surface area contributed by atoms with Crippen LogP contribution in [0.1, 0.15) is 39.2 Å². The summed E-state index contributed by atoms with van der Waals surface area (Å²) in [6.07, 6.45) is 4.85. The minimum absolute atomic E-state index is 0.176. The highest BCUT2D eigenvalue weighted by atomic mass is 16.7. The maximum absolute atomic E-state index is 12.5. The van der Waals surface area contributed by atoms with Gasteiger partial charge in [-0.05, 0) is 36.5 Å². The van der Waals surface area contributed by atoms with Gasteiger partial charge in [-0.2, -0.15) is 5.10 Å². The molecule has 2 aromatic rings. The van der Waals surface area contributed by atoms with Gasteiger partial charge in [0.15, 0.2) is 11.6 Å². The first-order valence-electron chi connectivity index (χ1n) is 8.47. The topological polar surface area (TPSA) is 71.5 Å². The van der Waals surface area contributed by atoms with Crippen molar-refractivity contribution < 1.29 is 9.63 Å². The van der Waals surface area contributed by atoms with Crippen LogP contribution in [0.2, 0.25) is 0 Å². The summed E-state index contributed by atoms with van der Waals surface area (Å²) in [5, 5.41) is 9.39. The number of hydrogen-bond acceptors (Lipinski definition) is 6. The van der Waals surface area contributed by atoms with Crippen molar-refractivity contribution in [3.63, 3.8) is 0 Å². The third kappa shape index (κ3) is 3.87. The summed E-state index contributed by atoms with van der Waals surface area (Å²) in [6, 6.07) is 7.35. The number of likely N-dealkylation sites (tertiary alicyclic amines) is 1. The first-order chi connectivity index (χ1) is 12.0. The van der Waals surface area contributed by atoms with E-state index in [1.54, 1.807) is 29.4 Å². The second-order valence-electron chi connectivity index (χ2n) is 7.05. The van der Waals surface area contributed by atoms with Gasteiger partial charge in [0.05, 0.1) is 0 Å². The second kappa shape index (κ2) is 7.04. The smallest absolute Gasteiger partial charge is 0.313 e. The molecular weight excluding hydrogens is 318 g/mol. The molecule has 1 amide bonds. The van der Waals surface area contributed by atoms with Crippen LogP contribution in [0, 0.1) is 0 Å². The van der Waals surface area contributed by atoms with E-state index in [4.69, 9.17) is 4.84 Å². The van der Waals surface area contributed by atoms with Crippen LogP contribution in [-0.4, -0.2) is 39.3 Å². The van der Waals surface area contributed by atoms with E-state index in [0.717, 1.165) is 18.4 Å². The van der Waals surface area contributed by atoms with E-state index in [0.29, 0.717) is 24.7 Å². The molecule has 1 saturated heterocycles. The van der Waals surface area contributed by atoms with Crippen molar-refractivity contribution in [1.82, 2.24) is 20.1 Å². The van der Waals surface area contributed by atoms with Gasteiger partial charge in [0, 0.05) is 31.0 Å². The van der Waals surface area contributed by atoms with Crippen molar-refractivity contribution in [2.45, 2.75) is 39.0 Å². The molecule has 1 aliphatic heterocycles. The van der Waals surface area contributed by atoms with Gasteiger partial charge in [-0.15, -0.1) is 10.2 Å². The summed E-state index contributed by atoms with van der Waals surface area (Å²) < 4.78 is 0. The minimum atomic E-state index is -0.395. The molecule has 0 unspecified atom stereocenters. The standard InChI is InChI=1S/C18H23N5O2/c1-18(2,3)14-8-6-10-19-16(14)23(15-9-7-11-20-21-15)25-17(24)22-12-4-5-13-22/h6-11H,4-5,12-13H2,1-3H3. The highest BCUT2D eigenvalue weighted by Gasteiger charge is 2.29. The van der Waals surface area contributed by atoms with E-state index >= 15 is 0 Å². The van der Waals surface area contributed by atoms with Crippen molar-refractivity contribution in [3.8, 4) is 0 Å². The molecule has 0 radical (unpaired) electrons. The molecule has 3 rings (SSSR count). The zero-order valence-corrected chi connectivity index (χ0v) is 14.8. The van der Waals surface area contributed by atoms with Gasteiger partial charge >= 0.3 is 6.09 Å². The van der Waals surface area contributed by atoms with Gasteiger partial charge in [-0.3, -0.25) is 0 Å². The number of nitrogens with zero attached hydrogens (tertiary/aromatic N) is 5. The number of pyridine rings is 1.